The van der Waals surface area contributed by atoms with Crippen LogP contribution in [0.5, 0.6) is 11.6 Å². The lowest BCUT2D eigenvalue weighted by Gasteiger charge is -2.28. The van der Waals surface area contributed by atoms with Gasteiger partial charge in [0.05, 0.1) is 18.7 Å². The van der Waals surface area contributed by atoms with Crippen LogP contribution in [0.3, 0.4) is 0 Å². The topological polar surface area (TPSA) is 63.7 Å². The molecule has 1 saturated carbocycles. The molecule has 6 nitrogen and oxygen atoms in total. The van der Waals surface area contributed by atoms with Crippen LogP contribution >= 0.6 is 0 Å². The molecule has 0 spiro atoms. The van der Waals surface area contributed by atoms with Crippen molar-refractivity contribution < 1.29 is 14.3 Å². The molecule has 1 aromatic heterocycles. The van der Waals surface area contributed by atoms with E-state index in [4.69, 9.17) is 14.5 Å². The van der Waals surface area contributed by atoms with Crippen LogP contribution in [0.2, 0.25) is 0 Å². The number of nitrogens with zero attached hydrogens (tertiary/aromatic N) is 2. The summed E-state index contributed by atoms with van der Waals surface area (Å²) in [5, 5.41) is 3.23. The number of hydrogen-bond donors (Lipinski definition) is 1. The molecule has 0 bridgehead atoms. The Morgan fingerprint density at radius 2 is 1.72 bits per heavy atom. The van der Waals surface area contributed by atoms with Crippen molar-refractivity contribution in [3.63, 3.8) is 0 Å². The number of pyridine rings is 1. The van der Waals surface area contributed by atoms with Crippen molar-refractivity contribution >= 4 is 5.91 Å². The van der Waals surface area contributed by atoms with Crippen LogP contribution in [-0.4, -0.2) is 54.7 Å². The van der Waals surface area contributed by atoms with Crippen LogP contribution in [0, 0.1) is 5.92 Å². The van der Waals surface area contributed by atoms with Gasteiger partial charge in [-0.25, -0.2) is 4.98 Å². The molecule has 2 heterocycles. The highest BCUT2D eigenvalue weighted by Gasteiger charge is 2.22. The van der Waals surface area contributed by atoms with Gasteiger partial charge in [0.2, 0.25) is 11.8 Å². The highest BCUT2D eigenvalue weighted by Crippen LogP contribution is 2.31. The molecule has 1 aromatic carbocycles. The summed E-state index contributed by atoms with van der Waals surface area (Å²) in [6.07, 6.45) is 10.4. The zero-order chi connectivity index (χ0) is 25.2. The second kappa shape index (κ2) is 13.6. The lowest BCUT2D eigenvalue weighted by atomic mass is 9.84. The summed E-state index contributed by atoms with van der Waals surface area (Å²) >= 11 is 0. The van der Waals surface area contributed by atoms with Gasteiger partial charge in [-0.05, 0) is 88.4 Å². The molecule has 1 aliphatic heterocycles. The third kappa shape index (κ3) is 7.70. The van der Waals surface area contributed by atoms with E-state index in [9.17, 15) is 4.79 Å². The molecule has 1 saturated heterocycles. The number of piperidine rings is 1. The summed E-state index contributed by atoms with van der Waals surface area (Å²) < 4.78 is 11.9. The molecule has 4 rings (SSSR count). The molecule has 2 aliphatic rings. The van der Waals surface area contributed by atoms with Gasteiger partial charge in [-0.15, -0.1) is 0 Å². The molecular weight excluding hydrogens is 450 g/mol. The first kappa shape index (κ1) is 26.5. The number of rotatable bonds is 11. The van der Waals surface area contributed by atoms with Crippen LogP contribution in [0.15, 0.2) is 36.4 Å². The summed E-state index contributed by atoms with van der Waals surface area (Å²) in [6.45, 7) is 8.54. The summed E-state index contributed by atoms with van der Waals surface area (Å²) in [6, 6.07) is 12.2. The molecule has 1 aliphatic carbocycles. The molecular formula is C30H43N3O3. The zero-order valence-corrected chi connectivity index (χ0v) is 22.1. The monoisotopic (exact) mass is 493 g/mol. The maximum absolute atomic E-state index is 12.8. The van der Waals surface area contributed by atoms with Gasteiger partial charge >= 0.3 is 0 Å². The van der Waals surface area contributed by atoms with Crippen molar-refractivity contribution in [2.24, 2.45) is 5.92 Å². The molecule has 6 heteroatoms. The average molecular weight is 494 g/mol. The van der Waals surface area contributed by atoms with E-state index in [0.717, 1.165) is 42.2 Å². The highest BCUT2D eigenvalue weighted by atomic mass is 16.5. The summed E-state index contributed by atoms with van der Waals surface area (Å²) in [5.74, 6) is 2.07. The Hall–Kier alpha value is -2.60. The Kier molecular flexibility index (Phi) is 10.0. The van der Waals surface area contributed by atoms with E-state index in [2.05, 4.69) is 17.1 Å². The predicted molar refractivity (Wildman–Crippen MR) is 145 cm³/mol. The minimum absolute atomic E-state index is 0.0358. The van der Waals surface area contributed by atoms with Gasteiger partial charge in [-0.2, -0.15) is 0 Å². The molecule has 0 radical (unpaired) electrons. The van der Waals surface area contributed by atoms with Gasteiger partial charge in [0.15, 0.2) is 0 Å². The first-order valence-electron chi connectivity index (χ1n) is 14.0. The van der Waals surface area contributed by atoms with E-state index < -0.39 is 0 Å². The minimum Gasteiger partial charge on any atom is -0.494 e. The highest BCUT2D eigenvalue weighted by molar-refractivity contribution is 5.79. The normalized spacial score (nSPS) is 17.9. The lowest BCUT2D eigenvalue weighted by molar-refractivity contribution is -0.121. The number of carbonyl (C=O) groups is 1. The number of amides is 1. The fraction of sp³-hybridized carbons (Fsp3) is 0.600. The maximum Gasteiger partial charge on any atom is 0.226 e. The number of carbonyl (C=O) groups excluding carboxylic acids is 1. The van der Waals surface area contributed by atoms with Crippen molar-refractivity contribution in [2.75, 3.05) is 32.8 Å². The summed E-state index contributed by atoms with van der Waals surface area (Å²) in [5.41, 5.74) is 2.71. The van der Waals surface area contributed by atoms with Crippen molar-refractivity contribution in [1.29, 1.82) is 0 Å². The Bertz CT molecular complexity index is 950. The Morgan fingerprint density at radius 3 is 2.44 bits per heavy atom. The zero-order valence-electron chi connectivity index (χ0n) is 22.1. The van der Waals surface area contributed by atoms with Crippen LogP contribution in [0.1, 0.15) is 70.9 Å². The SMILES string of the molecule is CCOc1ccc(-c2ccc(CC(=O)N[C@H](C)C3CCCCC3)nc2OCCN2CCCCC2)cc1. The van der Waals surface area contributed by atoms with E-state index in [0.29, 0.717) is 25.0 Å². The molecule has 36 heavy (non-hydrogen) atoms. The third-order valence-electron chi connectivity index (χ3n) is 7.58. The molecule has 2 fully saturated rings. The molecule has 1 N–H and O–H groups in total. The quantitative estimate of drug-likeness (QED) is 0.439. The Balaban J connectivity index is 1.44. The van der Waals surface area contributed by atoms with Gasteiger partial charge in [0, 0.05) is 18.2 Å². The molecule has 0 unspecified atom stereocenters. The van der Waals surface area contributed by atoms with E-state index in [1.165, 1.54) is 51.4 Å². The fourth-order valence-electron chi connectivity index (χ4n) is 5.48. The van der Waals surface area contributed by atoms with Crippen LogP contribution in [-0.2, 0) is 11.2 Å². The average Bonchev–Trinajstić information content (AvgIpc) is 2.91. The van der Waals surface area contributed by atoms with E-state index in [1.54, 1.807) is 0 Å². The van der Waals surface area contributed by atoms with Gasteiger partial charge in [0.1, 0.15) is 12.4 Å². The predicted octanol–water partition coefficient (Wildman–Crippen LogP) is 5.64. The van der Waals surface area contributed by atoms with Crippen LogP contribution in [0.4, 0.5) is 0 Å². The number of hydrogen-bond acceptors (Lipinski definition) is 5. The second-order valence-electron chi connectivity index (χ2n) is 10.3. The maximum atomic E-state index is 12.8. The Labute approximate surface area is 216 Å². The second-order valence-corrected chi connectivity index (χ2v) is 10.3. The number of aromatic nitrogens is 1. The Morgan fingerprint density at radius 1 is 1.00 bits per heavy atom. The van der Waals surface area contributed by atoms with Crippen LogP contribution in [0.25, 0.3) is 11.1 Å². The van der Waals surface area contributed by atoms with Gasteiger partial charge < -0.3 is 14.8 Å². The molecule has 1 amide bonds. The smallest absolute Gasteiger partial charge is 0.226 e. The van der Waals surface area contributed by atoms with Crippen molar-refractivity contribution in [3.05, 3.63) is 42.1 Å². The number of benzene rings is 1. The summed E-state index contributed by atoms with van der Waals surface area (Å²) in [7, 11) is 0. The lowest BCUT2D eigenvalue weighted by Crippen LogP contribution is -2.39. The fourth-order valence-corrected chi connectivity index (χ4v) is 5.48. The van der Waals surface area contributed by atoms with E-state index >= 15 is 0 Å². The largest absolute Gasteiger partial charge is 0.494 e. The molecule has 196 valence electrons. The third-order valence-corrected chi connectivity index (χ3v) is 7.58. The van der Waals surface area contributed by atoms with Crippen molar-refractivity contribution in [3.8, 4) is 22.8 Å². The number of nitrogens with one attached hydrogen (secondary N) is 1. The van der Waals surface area contributed by atoms with Crippen molar-refractivity contribution in [1.82, 2.24) is 15.2 Å². The minimum atomic E-state index is 0.0358. The number of likely N-dealkylation sites (tertiary alicyclic amines) is 1. The standard InChI is InChI=1S/C30H43N3O3/c1-3-35-27-15-12-25(13-16-27)28-17-14-26(22-29(34)31-23(2)24-10-6-4-7-11-24)32-30(28)36-21-20-33-18-8-5-9-19-33/h12-17,23-24H,3-11,18-22H2,1-2H3,(H,31,34)/t23-/m1/s1. The first-order valence-corrected chi connectivity index (χ1v) is 14.0. The van der Waals surface area contributed by atoms with E-state index in [-0.39, 0.29) is 18.4 Å². The van der Waals surface area contributed by atoms with E-state index in [1.807, 2.05) is 43.3 Å². The first-order chi connectivity index (χ1) is 17.6. The summed E-state index contributed by atoms with van der Waals surface area (Å²) in [4.78, 5) is 20.1. The van der Waals surface area contributed by atoms with Gasteiger partial charge in [-0.3, -0.25) is 9.69 Å². The van der Waals surface area contributed by atoms with Gasteiger partial charge in [-0.1, -0.05) is 37.8 Å². The van der Waals surface area contributed by atoms with Crippen molar-refractivity contribution in [2.45, 2.75) is 77.7 Å². The molecule has 1 atom stereocenters. The van der Waals surface area contributed by atoms with Crippen LogP contribution < -0.4 is 14.8 Å². The number of ether oxygens (including phenoxy) is 2. The van der Waals surface area contributed by atoms with Gasteiger partial charge in [0.25, 0.3) is 0 Å². The molecule has 2 aromatic rings.